The average Bonchev–Trinajstić information content (AvgIpc) is 2.59. The topological polar surface area (TPSA) is 41.6 Å². The fourth-order valence-corrected chi connectivity index (χ4v) is 2.24. The molecule has 1 aliphatic heterocycles. The number of rotatable bonds is 2. The van der Waals surface area contributed by atoms with Crippen LogP contribution in [0.15, 0.2) is 23.2 Å². The summed E-state index contributed by atoms with van der Waals surface area (Å²) < 4.78 is 12.9. The van der Waals surface area contributed by atoms with Crippen LogP contribution in [0.5, 0.6) is 0 Å². The van der Waals surface area contributed by atoms with E-state index in [9.17, 15) is 4.39 Å². The summed E-state index contributed by atoms with van der Waals surface area (Å²) in [6.45, 7) is 3.33. The van der Waals surface area contributed by atoms with E-state index in [1.165, 1.54) is 12.1 Å². The molecule has 2 rings (SSSR count). The molecule has 1 atom stereocenters. The van der Waals surface area contributed by atoms with E-state index < -0.39 is 0 Å². The Kier molecular flexibility index (Phi) is 3.01. The van der Waals surface area contributed by atoms with Gasteiger partial charge in [-0.15, -0.1) is 0 Å². The quantitative estimate of drug-likeness (QED) is 0.862. The minimum absolute atomic E-state index is 0.0260. The van der Waals surface area contributed by atoms with Gasteiger partial charge < -0.3 is 10.6 Å². The van der Waals surface area contributed by atoms with E-state index in [-0.39, 0.29) is 11.9 Å². The Morgan fingerprint density at radius 3 is 3.00 bits per heavy atom. The predicted molar refractivity (Wildman–Crippen MR) is 63.0 cm³/mol. The second kappa shape index (κ2) is 4.29. The molecule has 86 valence electrons. The van der Waals surface area contributed by atoms with Gasteiger partial charge in [-0.25, -0.2) is 4.39 Å². The zero-order valence-corrected chi connectivity index (χ0v) is 9.71. The molecule has 1 aromatic carbocycles. The summed E-state index contributed by atoms with van der Waals surface area (Å²) in [5.41, 5.74) is 6.63. The molecule has 0 saturated heterocycles. The number of benzene rings is 1. The molecule has 0 fully saturated rings. The molecule has 1 aromatic rings. The lowest BCUT2D eigenvalue weighted by molar-refractivity contribution is 0.364. The summed E-state index contributed by atoms with van der Waals surface area (Å²) in [6.07, 6.45) is 0. The molecule has 16 heavy (non-hydrogen) atoms. The van der Waals surface area contributed by atoms with Gasteiger partial charge >= 0.3 is 0 Å². The minimum atomic E-state index is -0.330. The summed E-state index contributed by atoms with van der Waals surface area (Å²) in [5.74, 6) is 0.191. The van der Waals surface area contributed by atoms with Crippen LogP contribution < -0.4 is 5.73 Å². The highest BCUT2D eigenvalue weighted by Gasteiger charge is 2.27. The summed E-state index contributed by atoms with van der Waals surface area (Å²) in [4.78, 5) is 6.14. The summed E-state index contributed by atoms with van der Waals surface area (Å²) in [7, 11) is 0. The second-order valence-corrected chi connectivity index (χ2v) is 4.07. The Morgan fingerprint density at radius 2 is 2.38 bits per heavy atom. The number of guanidine groups is 1. The Morgan fingerprint density at radius 1 is 1.62 bits per heavy atom. The van der Waals surface area contributed by atoms with Gasteiger partial charge in [0.25, 0.3) is 0 Å². The lowest BCUT2D eigenvalue weighted by atomic mass is 10.1. The van der Waals surface area contributed by atoms with Crippen LogP contribution in [0.2, 0.25) is 5.02 Å². The van der Waals surface area contributed by atoms with Gasteiger partial charge in [0, 0.05) is 11.6 Å². The number of hydrogen-bond donors (Lipinski definition) is 1. The molecule has 0 amide bonds. The van der Waals surface area contributed by atoms with Crippen molar-refractivity contribution in [3.05, 3.63) is 34.6 Å². The number of halogens is 2. The molecule has 0 saturated carbocycles. The highest BCUT2D eigenvalue weighted by molar-refractivity contribution is 6.31. The number of nitrogens with zero attached hydrogens (tertiary/aromatic N) is 2. The summed E-state index contributed by atoms with van der Waals surface area (Å²) in [6, 6.07) is 4.44. The molecular formula is C11H13ClFN3. The highest BCUT2D eigenvalue weighted by atomic mass is 35.5. The van der Waals surface area contributed by atoms with Gasteiger partial charge in [-0.3, -0.25) is 4.99 Å². The van der Waals surface area contributed by atoms with Crippen LogP contribution in [-0.2, 0) is 0 Å². The van der Waals surface area contributed by atoms with Gasteiger partial charge in [0.2, 0.25) is 0 Å². The molecule has 1 unspecified atom stereocenters. The molecule has 3 nitrogen and oxygen atoms in total. The lowest BCUT2D eigenvalue weighted by Crippen LogP contribution is -2.35. The van der Waals surface area contributed by atoms with Crippen LogP contribution in [0.25, 0.3) is 0 Å². The fourth-order valence-electron chi connectivity index (χ4n) is 1.95. The van der Waals surface area contributed by atoms with Crippen LogP contribution >= 0.6 is 11.6 Å². The number of nitrogens with two attached hydrogens (primary N) is 1. The van der Waals surface area contributed by atoms with E-state index in [4.69, 9.17) is 17.3 Å². The van der Waals surface area contributed by atoms with Crippen molar-refractivity contribution < 1.29 is 4.39 Å². The highest BCUT2D eigenvalue weighted by Crippen LogP contribution is 2.30. The Balaban J connectivity index is 2.32. The molecule has 0 aliphatic carbocycles. The lowest BCUT2D eigenvalue weighted by Gasteiger charge is -2.25. The maximum atomic E-state index is 12.9. The van der Waals surface area contributed by atoms with Gasteiger partial charge in [0.1, 0.15) is 5.82 Å². The molecule has 1 aliphatic rings. The third kappa shape index (κ3) is 1.85. The Bertz CT molecular complexity index is 433. The van der Waals surface area contributed by atoms with Crippen molar-refractivity contribution in [3.8, 4) is 0 Å². The first-order valence-corrected chi connectivity index (χ1v) is 5.52. The monoisotopic (exact) mass is 241 g/mol. The van der Waals surface area contributed by atoms with Crippen molar-refractivity contribution in [1.29, 1.82) is 0 Å². The standard InChI is InChI=1S/C11H13ClFN3/c1-2-16-10(6-15-11(16)14)8-4-3-7(13)5-9(8)12/h3-5,10H,2,6H2,1H3,(H2,14,15). The zero-order chi connectivity index (χ0) is 11.7. The number of aliphatic imine (C=N–C) groups is 1. The third-order valence-electron chi connectivity index (χ3n) is 2.76. The van der Waals surface area contributed by atoms with Gasteiger partial charge in [0.15, 0.2) is 5.96 Å². The molecule has 0 bridgehead atoms. The first-order valence-electron chi connectivity index (χ1n) is 5.15. The Labute approximate surface area is 98.7 Å². The zero-order valence-electron chi connectivity index (χ0n) is 8.95. The van der Waals surface area contributed by atoms with E-state index in [2.05, 4.69) is 4.99 Å². The van der Waals surface area contributed by atoms with E-state index in [0.717, 1.165) is 12.1 Å². The largest absolute Gasteiger partial charge is 0.370 e. The number of hydrogen-bond acceptors (Lipinski definition) is 3. The van der Waals surface area contributed by atoms with E-state index in [1.54, 1.807) is 6.07 Å². The third-order valence-corrected chi connectivity index (χ3v) is 3.09. The van der Waals surface area contributed by atoms with E-state index in [0.29, 0.717) is 17.5 Å². The van der Waals surface area contributed by atoms with Crippen molar-refractivity contribution >= 4 is 17.6 Å². The van der Waals surface area contributed by atoms with Crippen LogP contribution in [0.1, 0.15) is 18.5 Å². The van der Waals surface area contributed by atoms with Crippen molar-refractivity contribution in [2.24, 2.45) is 10.7 Å². The maximum absolute atomic E-state index is 12.9. The van der Waals surface area contributed by atoms with Crippen LogP contribution in [0.4, 0.5) is 4.39 Å². The second-order valence-electron chi connectivity index (χ2n) is 3.67. The molecule has 0 spiro atoms. The summed E-state index contributed by atoms with van der Waals surface area (Å²) in [5, 5.41) is 0.424. The van der Waals surface area contributed by atoms with E-state index in [1.807, 2.05) is 11.8 Å². The first-order chi connectivity index (χ1) is 7.63. The number of likely N-dealkylation sites (N-methyl/N-ethyl adjacent to an activating group) is 1. The smallest absolute Gasteiger partial charge is 0.191 e. The first kappa shape index (κ1) is 11.2. The fraction of sp³-hybridized carbons (Fsp3) is 0.364. The molecule has 0 radical (unpaired) electrons. The van der Waals surface area contributed by atoms with E-state index >= 15 is 0 Å². The molecule has 1 heterocycles. The van der Waals surface area contributed by atoms with Crippen LogP contribution in [-0.4, -0.2) is 23.9 Å². The molecule has 5 heteroatoms. The molecular weight excluding hydrogens is 229 g/mol. The van der Waals surface area contributed by atoms with Crippen LogP contribution in [0.3, 0.4) is 0 Å². The molecule has 2 N–H and O–H groups in total. The minimum Gasteiger partial charge on any atom is -0.370 e. The van der Waals surface area contributed by atoms with Crippen LogP contribution in [0, 0.1) is 5.82 Å². The molecule has 0 aromatic heterocycles. The van der Waals surface area contributed by atoms with Gasteiger partial charge in [0.05, 0.1) is 12.6 Å². The Hall–Kier alpha value is -1.29. The van der Waals surface area contributed by atoms with Crippen molar-refractivity contribution in [2.45, 2.75) is 13.0 Å². The van der Waals surface area contributed by atoms with Gasteiger partial charge in [-0.2, -0.15) is 0 Å². The van der Waals surface area contributed by atoms with Gasteiger partial charge in [-0.05, 0) is 24.6 Å². The van der Waals surface area contributed by atoms with Crippen molar-refractivity contribution in [2.75, 3.05) is 13.1 Å². The summed E-state index contributed by atoms with van der Waals surface area (Å²) >= 11 is 6.02. The van der Waals surface area contributed by atoms with Gasteiger partial charge in [-0.1, -0.05) is 17.7 Å². The van der Waals surface area contributed by atoms with Crippen molar-refractivity contribution in [3.63, 3.8) is 0 Å². The maximum Gasteiger partial charge on any atom is 0.191 e. The van der Waals surface area contributed by atoms with Crippen molar-refractivity contribution in [1.82, 2.24) is 4.90 Å². The SMILES string of the molecule is CCN1C(N)=NCC1c1ccc(F)cc1Cl. The normalized spacial score (nSPS) is 20.1. The predicted octanol–water partition coefficient (Wildman–Crippen LogP) is 2.17. The average molecular weight is 242 g/mol.